The predicted molar refractivity (Wildman–Crippen MR) is 68.0 cm³/mol. The van der Waals surface area contributed by atoms with Crippen molar-refractivity contribution < 1.29 is 0 Å². The number of aryl methyl sites for hydroxylation is 3. The minimum Gasteiger partial charge on any atom is -0.369 e. The van der Waals surface area contributed by atoms with Crippen molar-refractivity contribution >= 4 is 17.1 Å². The van der Waals surface area contributed by atoms with Crippen LogP contribution in [-0.4, -0.2) is 29.1 Å². The normalized spacial score (nSPS) is 11.5. The van der Waals surface area contributed by atoms with Crippen LogP contribution in [0.25, 0.3) is 11.2 Å². The molecule has 3 aromatic rings. The first-order valence-corrected chi connectivity index (χ1v) is 5.70. The Balaban J connectivity index is 2.17. The summed E-state index contributed by atoms with van der Waals surface area (Å²) in [5, 5.41) is 8.51. The van der Waals surface area contributed by atoms with Crippen LogP contribution in [0.15, 0.2) is 12.3 Å². The molecule has 0 fully saturated rings. The Morgan fingerprint density at radius 2 is 2.06 bits per heavy atom. The van der Waals surface area contributed by atoms with Gasteiger partial charge in [-0.05, 0) is 13.0 Å². The van der Waals surface area contributed by atoms with E-state index in [4.69, 9.17) is 5.73 Å². The van der Waals surface area contributed by atoms with Crippen LogP contribution >= 0.6 is 0 Å². The second-order valence-corrected chi connectivity index (χ2v) is 4.38. The number of hydrogen-bond donors (Lipinski definition) is 1. The molecule has 3 rings (SSSR count). The Bertz CT molecular complexity index is 715. The van der Waals surface area contributed by atoms with Gasteiger partial charge in [-0.2, -0.15) is 10.2 Å². The SMILES string of the molecule is Cc1nn(C)c2c1nc(N)n2Cc1ccnn1C. The standard InChI is InChI=1S/C11H15N7/c1-7-9-10(17(3)15-7)18(11(12)14-9)6-8-4-5-13-16(8)2/h4-5H,6H2,1-3H3,(H2,12,14). The number of nitrogen functional groups attached to an aromatic ring is 1. The molecule has 7 heteroatoms. The zero-order chi connectivity index (χ0) is 12.9. The van der Waals surface area contributed by atoms with E-state index in [9.17, 15) is 0 Å². The van der Waals surface area contributed by atoms with Gasteiger partial charge in [-0.3, -0.25) is 13.9 Å². The maximum atomic E-state index is 5.98. The zero-order valence-corrected chi connectivity index (χ0v) is 10.6. The smallest absolute Gasteiger partial charge is 0.202 e. The molecule has 0 saturated carbocycles. The third-order valence-corrected chi connectivity index (χ3v) is 3.16. The van der Waals surface area contributed by atoms with Gasteiger partial charge in [-0.15, -0.1) is 0 Å². The monoisotopic (exact) mass is 245 g/mol. The molecule has 18 heavy (non-hydrogen) atoms. The quantitative estimate of drug-likeness (QED) is 0.710. The molecule has 94 valence electrons. The van der Waals surface area contributed by atoms with Crippen molar-refractivity contribution in [2.45, 2.75) is 13.5 Å². The molecule has 0 spiro atoms. The topological polar surface area (TPSA) is 79.5 Å². The lowest BCUT2D eigenvalue weighted by Crippen LogP contribution is -2.10. The van der Waals surface area contributed by atoms with Crippen molar-refractivity contribution in [1.29, 1.82) is 0 Å². The second-order valence-electron chi connectivity index (χ2n) is 4.38. The van der Waals surface area contributed by atoms with E-state index in [1.54, 1.807) is 6.20 Å². The first-order chi connectivity index (χ1) is 8.58. The van der Waals surface area contributed by atoms with E-state index in [-0.39, 0.29) is 0 Å². The van der Waals surface area contributed by atoms with Gasteiger partial charge in [0.1, 0.15) is 5.52 Å². The van der Waals surface area contributed by atoms with E-state index in [0.29, 0.717) is 12.5 Å². The van der Waals surface area contributed by atoms with E-state index in [1.165, 1.54) is 0 Å². The van der Waals surface area contributed by atoms with Crippen LogP contribution in [0.3, 0.4) is 0 Å². The molecule has 7 nitrogen and oxygen atoms in total. The fraction of sp³-hybridized carbons (Fsp3) is 0.364. The van der Waals surface area contributed by atoms with E-state index >= 15 is 0 Å². The second kappa shape index (κ2) is 3.59. The minimum atomic E-state index is 0.502. The average Bonchev–Trinajstić information content (AvgIpc) is 2.92. The van der Waals surface area contributed by atoms with Gasteiger partial charge in [0, 0.05) is 20.3 Å². The zero-order valence-electron chi connectivity index (χ0n) is 10.6. The highest BCUT2D eigenvalue weighted by Gasteiger charge is 2.16. The molecule has 0 unspecified atom stereocenters. The van der Waals surface area contributed by atoms with Gasteiger partial charge in [0.2, 0.25) is 5.95 Å². The first-order valence-electron chi connectivity index (χ1n) is 5.70. The van der Waals surface area contributed by atoms with Crippen molar-refractivity contribution in [3.05, 3.63) is 23.7 Å². The minimum absolute atomic E-state index is 0.502. The summed E-state index contributed by atoms with van der Waals surface area (Å²) in [6.07, 6.45) is 1.77. The van der Waals surface area contributed by atoms with Crippen molar-refractivity contribution in [3.8, 4) is 0 Å². The van der Waals surface area contributed by atoms with E-state index in [0.717, 1.165) is 22.6 Å². The molecular weight excluding hydrogens is 230 g/mol. The van der Waals surface area contributed by atoms with Crippen molar-refractivity contribution in [3.63, 3.8) is 0 Å². The summed E-state index contributed by atoms with van der Waals surface area (Å²) in [4.78, 5) is 4.37. The lowest BCUT2D eigenvalue weighted by Gasteiger charge is -2.07. The van der Waals surface area contributed by atoms with Crippen LogP contribution in [0.4, 0.5) is 5.95 Å². The van der Waals surface area contributed by atoms with Crippen LogP contribution in [0.2, 0.25) is 0 Å². The fourth-order valence-corrected chi connectivity index (χ4v) is 2.23. The highest BCUT2D eigenvalue weighted by atomic mass is 15.4. The average molecular weight is 245 g/mol. The summed E-state index contributed by atoms with van der Waals surface area (Å²) >= 11 is 0. The molecule has 0 radical (unpaired) electrons. The van der Waals surface area contributed by atoms with Gasteiger partial charge in [-0.1, -0.05) is 0 Å². The van der Waals surface area contributed by atoms with Gasteiger partial charge >= 0.3 is 0 Å². The van der Waals surface area contributed by atoms with Gasteiger partial charge in [-0.25, -0.2) is 4.98 Å². The lowest BCUT2D eigenvalue weighted by molar-refractivity contribution is 0.662. The summed E-state index contributed by atoms with van der Waals surface area (Å²) in [7, 11) is 3.81. The Hall–Kier alpha value is -2.31. The van der Waals surface area contributed by atoms with Gasteiger partial charge in [0.05, 0.1) is 17.9 Å². The van der Waals surface area contributed by atoms with E-state index < -0.39 is 0 Å². The maximum Gasteiger partial charge on any atom is 0.202 e. The van der Waals surface area contributed by atoms with Crippen LogP contribution in [0, 0.1) is 6.92 Å². The van der Waals surface area contributed by atoms with Gasteiger partial charge in [0.15, 0.2) is 5.65 Å². The van der Waals surface area contributed by atoms with Crippen LogP contribution in [0.1, 0.15) is 11.4 Å². The molecule has 0 aliphatic carbocycles. The number of nitrogens with two attached hydrogens (primary N) is 1. The molecule has 0 aliphatic heterocycles. The number of anilines is 1. The molecule has 3 heterocycles. The third kappa shape index (κ3) is 1.40. The lowest BCUT2D eigenvalue weighted by atomic mass is 10.4. The molecule has 0 amide bonds. The molecule has 0 aliphatic rings. The highest BCUT2D eigenvalue weighted by Crippen LogP contribution is 2.21. The Morgan fingerprint density at radius 1 is 1.28 bits per heavy atom. The summed E-state index contributed by atoms with van der Waals surface area (Å²) in [6.45, 7) is 2.57. The molecular formula is C11H15N7. The predicted octanol–water partition coefficient (Wildman–Crippen LogP) is 0.442. The molecule has 2 N–H and O–H groups in total. The van der Waals surface area contributed by atoms with E-state index in [2.05, 4.69) is 15.2 Å². The fourth-order valence-electron chi connectivity index (χ4n) is 2.23. The number of imidazole rings is 1. The van der Waals surface area contributed by atoms with Crippen LogP contribution in [0.5, 0.6) is 0 Å². The third-order valence-electron chi connectivity index (χ3n) is 3.16. The molecule has 0 atom stereocenters. The molecule has 3 aromatic heterocycles. The largest absolute Gasteiger partial charge is 0.369 e. The van der Waals surface area contributed by atoms with Crippen molar-refractivity contribution in [2.24, 2.45) is 14.1 Å². The molecule has 0 aromatic carbocycles. The first kappa shape index (κ1) is 10.8. The summed E-state index contributed by atoms with van der Waals surface area (Å²) < 4.78 is 5.59. The maximum absolute atomic E-state index is 5.98. The summed E-state index contributed by atoms with van der Waals surface area (Å²) in [5.41, 5.74) is 9.74. The summed E-state index contributed by atoms with van der Waals surface area (Å²) in [5.74, 6) is 0.502. The van der Waals surface area contributed by atoms with Crippen LogP contribution < -0.4 is 5.73 Å². The van der Waals surface area contributed by atoms with Crippen LogP contribution in [-0.2, 0) is 20.6 Å². The summed E-state index contributed by atoms with van der Waals surface area (Å²) in [6, 6.07) is 1.97. The van der Waals surface area contributed by atoms with Gasteiger partial charge in [0.25, 0.3) is 0 Å². The highest BCUT2D eigenvalue weighted by molar-refractivity contribution is 5.77. The number of hydrogen-bond acceptors (Lipinski definition) is 4. The Morgan fingerprint density at radius 3 is 2.72 bits per heavy atom. The Labute approximate surface area is 104 Å². The number of aromatic nitrogens is 6. The number of rotatable bonds is 2. The van der Waals surface area contributed by atoms with Crippen molar-refractivity contribution in [2.75, 3.05) is 5.73 Å². The number of nitrogens with zero attached hydrogens (tertiary/aromatic N) is 6. The molecule has 0 saturated heterocycles. The van der Waals surface area contributed by atoms with Gasteiger partial charge < -0.3 is 5.73 Å². The number of fused-ring (bicyclic) bond motifs is 1. The van der Waals surface area contributed by atoms with Crippen molar-refractivity contribution in [1.82, 2.24) is 29.1 Å². The molecule has 0 bridgehead atoms. The van der Waals surface area contributed by atoms with E-state index in [1.807, 2.05) is 41.0 Å². The Kier molecular flexibility index (Phi) is 2.16.